The molecule has 1 aromatic rings. The van der Waals surface area contributed by atoms with Gasteiger partial charge in [0, 0.05) is 0 Å². The fraction of sp³-hybridized carbons (Fsp3) is 0.529. The molecule has 1 fully saturated rings. The van der Waals surface area contributed by atoms with Crippen molar-refractivity contribution < 1.29 is 0 Å². The topological polar surface area (TPSA) is 0 Å². The van der Waals surface area contributed by atoms with E-state index in [-0.39, 0.29) is 0 Å². The molecule has 0 nitrogen and oxygen atoms in total. The minimum absolute atomic E-state index is 0.933. The molecule has 0 aliphatic heterocycles. The minimum atomic E-state index is 0.933. The third kappa shape index (κ3) is 3.21. The summed E-state index contributed by atoms with van der Waals surface area (Å²) in [6, 6.07) is 6.93. The molecule has 0 radical (unpaired) electrons. The summed E-state index contributed by atoms with van der Waals surface area (Å²) in [5.74, 6) is 0.933. The summed E-state index contributed by atoms with van der Waals surface area (Å²) in [5, 5.41) is 0. The van der Waals surface area contributed by atoms with Crippen molar-refractivity contribution in [1.29, 1.82) is 0 Å². The van der Waals surface area contributed by atoms with E-state index in [4.69, 9.17) is 0 Å². The van der Waals surface area contributed by atoms with Gasteiger partial charge in [-0.1, -0.05) is 69.9 Å². The highest BCUT2D eigenvalue weighted by Crippen LogP contribution is 2.27. The third-order valence-corrected chi connectivity index (χ3v) is 4.06. The molecule has 0 bridgehead atoms. The summed E-state index contributed by atoms with van der Waals surface area (Å²) >= 11 is 0. The molecule has 0 saturated heterocycles. The van der Waals surface area contributed by atoms with E-state index in [0.29, 0.717) is 0 Å². The van der Waals surface area contributed by atoms with Crippen LogP contribution in [0.5, 0.6) is 0 Å². The van der Waals surface area contributed by atoms with Gasteiger partial charge in [-0.3, -0.25) is 0 Å². The van der Waals surface area contributed by atoms with Crippen LogP contribution in [0.4, 0.5) is 0 Å². The summed E-state index contributed by atoms with van der Waals surface area (Å²) in [7, 11) is 0. The third-order valence-electron chi connectivity index (χ3n) is 4.06. The SMILES string of the molecule is C=Cc1ccc(CC2CCCCC2)cc1CC. The molecule has 0 aromatic heterocycles. The van der Waals surface area contributed by atoms with E-state index in [1.165, 1.54) is 55.2 Å². The van der Waals surface area contributed by atoms with Crippen molar-refractivity contribution in [3.05, 3.63) is 41.5 Å². The normalized spacial score (nSPS) is 17.0. The average molecular weight is 228 g/mol. The Morgan fingerprint density at radius 1 is 1.24 bits per heavy atom. The Labute approximate surface area is 106 Å². The monoisotopic (exact) mass is 228 g/mol. The van der Waals surface area contributed by atoms with E-state index in [2.05, 4.69) is 31.7 Å². The number of benzene rings is 1. The van der Waals surface area contributed by atoms with Crippen molar-refractivity contribution in [3.63, 3.8) is 0 Å². The molecule has 1 saturated carbocycles. The second kappa shape index (κ2) is 6.05. The Hall–Kier alpha value is -1.04. The molecule has 0 heteroatoms. The Morgan fingerprint density at radius 2 is 2.00 bits per heavy atom. The fourth-order valence-electron chi connectivity index (χ4n) is 3.02. The van der Waals surface area contributed by atoms with Crippen molar-refractivity contribution in [2.24, 2.45) is 5.92 Å². The van der Waals surface area contributed by atoms with Crippen LogP contribution >= 0.6 is 0 Å². The average Bonchev–Trinajstić information content (AvgIpc) is 2.40. The zero-order valence-corrected chi connectivity index (χ0v) is 11.0. The van der Waals surface area contributed by atoms with Crippen LogP contribution < -0.4 is 0 Å². The molecule has 1 aliphatic carbocycles. The molecule has 0 heterocycles. The lowest BCUT2D eigenvalue weighted by molar-refractivity contribution is 0.356. The summed E-state index contributed by atoms with van der Waals surface area (Å²) in [4.78, 5) is 0. The first-order chi connectivity index (χ1) is 8.33. The highest BCUT2D eigenvalue weighted by Gasteiger charge is 2.14. The molecule has 17 heavy (non-hydrogen) atoms. The second-order valence-corrected chi connectivity index (χ2v) is 5.30. The van der Waals surface area contributed by atoms with Crippen molar-refractivity contribution >= 4 is 6.08 Å². The number of hydrogen-bond acceptors (Lipinski definition) is 0. The molecule has 0 atom stereocenters. The number of aryl methyl sites for hydroxylation is 1. The molecular formula is C17H24. The molecule has 0 spiro atoms. The standard InChI is InChI=1S/C17H24/c1-3-16-11-10-15(13-17(16)4-2)12-14-8-6-5-7-9-14/h3,10-11,13-14H,1,4-9,12H2,2H3. The van der Waals surface area contributed by atoms with Gasteiger partial charge in [0.2, 0.25) is 0 Å². The largest absolute Gasteiger partial charge is 0.0985 e. The molecule has 2 rings (SSSR count). The van der Waals surface area contributed by atoms with Crippen LogP contribution in [0.25, 0.3) is 6.08 Å². The Bertz CT molecular complexity index is 370. The summed E-state index contributed by atoms with van der Waals surface area (Å²) in [5.41, 5.74) is 4.28. The summed E-state index contributed by atoms with van der Waals surface area (Å²) < 4.78 is 0. The lowest BCUT2D eigenvalue weighted by Crippen LogP contribution is -2.09. The molecule has 1 aliphatic rings. The van der Waals surface area contributed by atoms with Crippen molar-refractivity contribution in [1.82, 2.24) is 0 Å². The van der Waals surface area contributed by atoms with Crippen LogP contribution in [-0.2, 0) is 12.8 Å². The second-order valence-electron chi connectivity index (χ2n) is 5.30. The predicted molar refractivity (Wildman–Crippen MR) is 76.2 cm³/mol. The van der Waals surface area contributed by atoms with Crippen molar-refractivity contribution in [3.8, 4) is 0 Å². The van der Waals surface area contributed by atoms with Gasteiger partial charge >= 0.3 is 0 Å². The molecule has 1 aromatic carbocycles. The quantitative estimate of drug-likeness (QED) is 0.679. The maximum Gasteiger partial charge on any atom is -0.0230 e. The van der Waals surface area contributed by atoms with Crippen LogP contribution in [0.3, 0.4) is 0 Å². The van der Waals surface area contributed by atoms with Gasteiger partial charge in [0.25, 0.3) is 0 Å². The van der Waals surface area contributed by atoms with Crippen molar-refractivity contribution in [2.45, 2.75) is 51.9 Å². The lowest BCUT2D eigenvalue weighted by Gasteiger charge is -2.22. The lowest BCUT2D eigenvalue weighted by atomic mass is 9.84. The minimum Gasteiger partial charge on any atom is -0.0985 e. The Morgan fingerprint density at radius 3 is 2.65 bits per heavy atom. The summed E-state index contributed by atoms with van der Waals surface area (Å²) in [6.07, 6.45) is 11.6. The predicted octanol–water partition coefficient (Wildman–Crippen LogP) is 5.01. The van der Waals surface area contributed by atoms with E-state index < -0.39 is 0 Å². The fourth-order valence-corrected chi connectivity index (χ4v) is 3.02. The highest BCUT2D eigenvalue weighted by molar-refractivity contribution is 5.52. The van der Waals surface area contributed by atoms with Gasteiger partial charge in [0.15, 0.2) is 0 Å². The number of hydrogen-bond donors (Lipinski definition) is 0. The first-order valence-corrected chi connectivity index (χ1v) is 7.07. The van der Waals surface area contributed by atoms with Gasteiger partial charge in [-0.05, 0) is 35.4 Å². The first kappa shape index (κ1) is 12.4. The highest BCUT2D eigenvalue weighted by atomic mass is 14.2. The van der Waals surface area contributed by atoms with Gasteiger partial charge < -0.3 is 0 Å². The van der Waals surface area contributed by atoms with E-state index >= 15 is 0 Å². The van der Waals surface area contributed by atoms with E-state index in [1.54, 1.807) is 0 Å². The molecule has 0 unspecified atom stereocenters. The van der Waals surface area contributed by atoms with Gasteiger partial charge in [-0.25, -0.2) is 0 Å². The van der Waals surface area contributed by atoms with Gasteiger partial charge in [0.05, 0.1) is 0 Å². The Balaban J connectivity index is 2.07. The maximum absolute atomic E-state index is 3.88. The summed E-state index contributed by atoms with van der Waals surface area (Å²) in [6.45, 7) is 6.11. The van der Waals surface area contributed by atoms with Crippen LogP contribution in [0, 0.1) is 5.92 Å². The first-order valence-electron chi connectivity index (χ1n) is 7.07. The van der Waals surface area contributed by atoms with Crippen LogP contribution in [0.1, 0.15) is 55.7 Å². The smallest absolute Gasteiger partial charge is 0.0230 e. The molecule has 92 valence electrons. The molecule has 0 amide bonds. The van der Waals surface area contributed by atoms with Gasteiger partial charge in [-0.2, -0.15) is 0 Å². The number of rotatable bonds is 4. The van der Waals surface area contributed by atoms with E-state index in [1.807, 2.05) is 6.08 Å². The van der Waals surface area contributed by atoms with Crippen LogP contribution in [0.15, 0.2) is 24.8 Å². The van der Waals surface area contributed by atoms with E-state index in [0.717, 1.165) is 12.3 Å². The van der Waals surface area contributed by atoms with Crippen LogP contribution in [-0.4, -0.2) is 0 Å². The maximum atomic E-state index is 3.88. The molecule has 0 N–H and O–H groups in total. The zero-order valence-electron chi connectivity index (χ0n) is 11.0. The van der Waals surface area contributed by atoms with Crippen LogP contribution in [0.2, 0.25) is 0 Å². The Kier molecular flexibility index (Phi) is 4.42. The zero-order chi connectivity index (χ0) is 12.1. The van der Waals surface area contributed by atoms with E-state index in [9.17, 15) is 0 Å². The van der Waals surface area contributed by atoms with Gasteiger partial charge in [-0.15, -0.1) is 0 Å². The van der Waals surface area contributed by atoms with Crippen molar-refractivity contribution in [2.75, 3.05) is 0 Å². The molecular weight excluding hydrogens is 204 g/mol. The van der Waals surface area contributed by atoms with Gasteiger partial charge in [0.1, 0.15) is 0 Å².